The molecule has 0 atom stereocenters. The quantitative estimate of drug-likeness (QED) is 0.399. The van der Waals surface area contributed by atoms with Crippen LogP contribution in [0.5, 0.6) is 0 Å². The van der Waals surface area contributed by atoms with Crippen LogP contribution in [0.4, 0.5) is 0 Å². The van der Waals surface area contributed by atoms with Crippen molar-refractivity contribution in [3.63, 3.8) is 0 Å². The molecule has 0 bridgehead atoms. The Morgan fingerprint density at radius 3 is 2.63 bits per heavy atom. The largest absolute Gasteiger partial charge is 0.382 e. The van der Waals surface area contributed by atoms with Crippen molar-refractivity contribution < 1.29 is 9.47 Å². The van der Waals surface area contributed by atoms with Gasteiger partial charge in [0, 0.05) is 19.7 Å². The van der Waals surface area contributed by atoms with Gasteiger partial charge in [-0.05, 0) is 19.8 Å². The van der Waals surface area contributed by atoms with Crippen LogP contribution >= 0.6 is 0 Å². The molecule has 0 aromatic heterocycles. The fourth-order valence-corrected chi connectivity index (χ4v) is 2.23. The van der Waals surface area contributed by atoms with Gasteiger partial charge in [0.1, 0.15) is 0 Å². The van der Waals surface area contributed by atoms with E-state index < -0.39 is 0 Å². The monoisotopic (exact) mass is 271 g/mol. The predicted molar refractivity (Wildman–Crippen MR) is 78.7 cm³/mol. The number of nitrogens with one attached hydrogen (secondary N) is 2. The Balaban J connectivity index is 2.21. The molecule has 1 saturated carbocycles. The Kier molecular flexibility index (Phi) is 9.45. The first-order valence-corrected chi connectivity index (χ1v) is 7.48. The molecule has 1 rings (SSSR count). The summed E-state index contributed by atoms with van der Waals surface area (Å²) in [5.41, 5.74) is 0. The minimum absolute atomic E-state index is 0.584. The first kappa shape index (κ1) is 16.2. The van der Waals surface area contributed by atoms with Gasteiger partial charge >= 0.3 is 0 Å². The van der Waals surface area contributed by atoms with E-state index in [9.17, 15) is 0 Å². The second kappa shape index (κ2) is 11.1. The number of methoxy groups -OCH3 is 1. The molecule has 1 aliphatic rings. The lowest BCUT2D eigenvalue weighted by atomic mass is 9.96. The van der Waals surface area contributed by atoms with E-state index >= 15 is 0 Å². The summed E-state index contributed by atoms with van der Waals surface area (Å²) in [6.07, 6.45) is 6.55. The average Bonchev–Trinajstić information content (AvgIpc) is 2.44. The zero-order chi connectivity index (χ0) is 13.8. The summed E-state index contributed by atoms with van der Waals surface area (Å²) in [7, 11) is 1.68. The van der Waals surface area contributed by atoms with Crippen LogP contribution < -0.4 is 10.6 Å². The van der Waals surface area contributed by atoms with Crippen LogP contribution in [0.15, 0.2) is 4.99 Å². The molecule has 5 nitrogen and oxygen atoms in total. The minimum atomic E-state index is 0.584. The molecule has 0 saturated heterocycles. The highest BCUT2D eigenvalue weighted by Gasteiger charge is 2.14. The van der Waals surface area contributed by atoms with Crippen molar-refractivity contribution in [1.82, 2.24) is 10.6 Å². The number of hydrogen-bond acceptors (Lipinski definition) is 3. The van der Waals surface area contributed by atoms with Crippen molar-refractivity contribution in [2.75, 3.05) is 40.0 Å². The first-order valence-electron chi connectivity index (χ1n) is 7.48. The van der Waals surface area contributed by atoms with E-state index in [1.165, 1.54) is 32.1 Å². The van der Waals surface area contributed by atoms with Crippen molar-refractivity contribution in [3.05, 3.63) is 0 Å². The third kappa shape index (κ3) is 8.06. The number of nitrogens with zero attached hydrogens (tertiary/aromatic N) is 1. The summed E-state index contributed by atoms with van der Waals surface area (Å²) in [5.74, 6) is 0.921. The van der Waals surface area contributed by atoms with Gasteiger partial charge in [-0.1, -0.05) is 19.3 Å². The molecule has 0 amide bonds. The van der Waals surface area contributed by atoms with Crippen LogP contribution in [0.1, 0.15) is 39.0 Å². The van der Waals surface area contributed by atoms with Gasteiger partial charge in [-0.3, -0.25) is 4.99 Å². The first-order chi connectivity index (χ1) is 9.36. The van der Waals surface area contributed by atoms with Gasteiger partial charge in [0.25, 0.3) is 0 Å². The van der Waals surface area contributed by atoms with Crippen molar-refractivity contribution in [3.8, 4) is 0 Å². The lowest BCUT2D eigenvalue weighted by Crippen LogP contribution is -2.44. The highest BCUT2D eigenvalue weighted by atomic mass is 16.5. The van der Waals surface area contributed by atoms with Crippen LogP contribution in [0.3, 0.4) is 0 Å². The lowest BCUT2D eigenvalue weighted by Gasteiger charge is -2.24. The second-order valence-electron chi connectivity index (χ2n) is 4.85. The highest BCUT2D eigenvalue weighted by molar-refractivity contribution is 5.80. The van der Waals surface area contributed by atoms with E-state index in [2.05, 4.69) is 22.5 Å². The highest BCUT2D eigenvalue weighted by Crippen LogP contribution is 2.17. The molecule has 19 heavy (non-hydrogen) atoms. The summed E-state index contributed by atoms with van der Waals surface area (Å²) in [6, 6.07) is 0.584. The third-order valence-electron chi connectivity index (χ3n) is 3.23. The number of hydrogen-bond donors (Lipinski definition) is 2. The molecule has 0 aromatic carbocycles. The number of rotatable bonds is 8. The zero-order valence-corrected chi connectivity index (χ0v) is 12.4. The van der Waals surface area contributed by atoms with Crippen molar-refractivity contribution in [1.29, 1.82) is 0 Å². The average molecular weight is 271 g/mol. The summed E-state index contributed by atoms with van der Waals surface area (Å²) in [6.45, 7) is 5.59. The molecular weight excluding hydrogens is 242 g/mol. The Labute approximate surface area is 117 Å². The molecule has 0 aliphatic heterocycles. The van der Waals surface area contributed by atoms with Gasteiger partial charge in [-0.25, -0.2) is 0 Å². The molecule has 0 unspecified atom stereocenters. The van der Waals surface area contributed by atoms with Crippen LogP contribution in [0.25, 0.3) is 0 Å². The van der Waals surface area contributed by atoms with Gasteiger partial charge in [-0.15, -0.1) is 0 Å². The fourth-order valence-electron chi connectivity index (χ4n) is 2.23. The van der Waals surface area contributed by atoms with Crippen molar-refractivity contribution in [2.45, 2.75) is 45.1 Å². The molecule has 0 aromatic rings. The van der Waals surface area contributed by atoms with Crippen LogP contribution in [-0.4, -0.2) is 52.0 Å². The number of ether oxygens (including phenoxy) is 2. The molecule has 0 spiro atoms. The molecular formula is C14H29N3O2. The second-order valence-corrected chi connectivity index (χ2v) is 4.85. The van der Waals surface area contributed by atoms with E-state index in [1.54, 1.807) is 7.11 Å². The minimum Gasteiger partial charge on any atom is -0.382 e. The Morgan fingerprint density at radius 2 is 1.95 bits per heavy atom. The van der Waals surface area contributed by atoms with E-state index in [1.807, 2.05) is 0 Å². The SMILES string of the molecule is CCNC(=NCCOCCOC)NC1CCCCC1. The van der Waals surface area contributed by atoms with Crippen molar-refractivity contribution >= 4 is 5.96 Å². The van der Waals surface area contributed by atoms with E-state index in [-0.39, 0.29) is 0 Å². The standard InChI is InChI=1S/C14H29N3O2/c1-3-15-14(16-9-10-19-12-11-18-2)17-13-7-5-4-6-8-13/h13H,3-12H2,1-2H3,(H2,15,16,17). The summed E-state index contributed by atoms with van der Waals surface area (Å²) in [5, 5.41) is 6.81. The molecule has 0 heterocycles. The molecule has 0 radical (unpaired) electrons. The molecule has 1 fully saturated rings. The van der Waals surface area contributed by atoms with Gasteiger partial charge < -0.3 is 20.1 Å². The molecule has 112 valence electrons. The number of guanidine groups is 1. The summed E-state index contributed by atoms with van der Waals surface area (Å²) >= 11 is 0. The molecule has 1 aliphatic carbocycles. The summed E-state index contributed by atoms with van der Waals surface area (Å²) in [4.78, 5) is 4.53. The molecule has 2 N–H and O–H groups in total. The summed E-state index contributed by atoms with van der Waals surface area (Å²) < 4.78 is 10.3. The maximum absolute atomic E-state index is 5.40. The van der Waals surface area contributed by atoms with Crippen molar-refractivity contribution in [2.24, 2.45) is 4.99 Å². The van der Waals surface area contributed by atoms with Gasteiger partial charge in [0.2, 0.25) is 0 Å². The van der Waals surface area contributed by atoms with Crippen LogP contribution in [-0.2, 0) is 9.47 Å². The van der Waals surface area contributed by atoms with Gasteiger partial charge in [0.05, 0.1) is 26.4 Å². The maximum Gasteiger partial charge on any atom is 0.191 e. The molecule has 5 heteroatoms. The van der Waals surface area contributed by atoms with Crippen LogP contribution in [0.2, 0.25) is 0 Å². The Hall–Kier alpha value is -0.810. The van der Waals surface area contributed by atoms with E-state index in [4.69, 9.17) is 9.47 Å². The fraction of sp³-hybridized carbons (Fsp3) is 0.929. The van der Waals surface area contributed by atoms with E-state index in [0.29, 0.717) is 32.4 Å². The third-order valence-corrected chi connectivity index (χ3v) is 3.23. The number of aliphatic imine (C=N–C) groups is 1. The van der Waals surface area contributed by atoms with Crippen LogP contribution in [0, 0.1) is 0 Å². The van der Waals surface area contributed by atoms with E-state index in [0.717, 1.165) is 12.5 Å². The Morgan fingerprint density at radius 1 is 1.16 bits per heavy atom. The maximum atomic E-state index is 5.40. The topological polar surface area (TPSA) is 54.9 Å². The lowest BCUT2D eigenvalue weighted by molar-refractivity contribution is 0.0748. The Bertz CT molecular complexity index is 241. The smallest absolute Gasteiger partial charge is 0.191 e. The zero-order valence-electron chi connectivity index (χ0n) is 12.4. The van der Waals surface area contributed by atoms with Gasteiger partial charge in [0.15, 0.2) is 5.96 Å². The predicted octanol–water partition coefficient (Wildman–Crippen LogP) is 1.54. The van der Waals surface area contributed by atoms with Gasteiger partial charge in [-0.2, -0.15) is 0 Å². The normalized spacial score (nSPS) is 17.5.